The number of aliphatic hydroxyl groups is 1. The average Bonchev–Trinajstić information content (AvgIpc) is 2.93. The zero-order chi connectivity index (χ0) is 17.8. The van der Waals surface area contributed by atoms with Gasteiger partial charge in [0.1, 0.15) is 7.11 Å². The molecule has 0 radical (unpaired) electrons. The Labute approximate surface area is 153 Å². The molecule has 3 heteroatoms. The second kappa shape index (κ2) is 6.25. The van der Waals surface area contributed by atoms with Crippen LogP contribution < -0.4 is 0 Å². The van der Waals surface area contributed by atoms with Gasteiger partial charge >= 0.3 is 0 Å². The van der Waals surface area contributed by atoms with Crippen LogP contribution in [0.2, 0.25) is 0 Å². The lowest BCUT2D eigenvalue weighted by atomic mass is 9.44. The van der Waals surface area contributed by atoms with E-state index >= 15 is 0 Å². The van der Waals surface area contributed by atoms with E-state index in [1.165, 1.54) is 50.7 Å². The van der Waals surface area contributed by atoms with E-state index in [1.807, 2.05) is 0 Å². The van der Waals surface area contributed by atoms with Crippen LogP contribution in [0.25, 0.3) is 0 Å². The van der Waals surface area contributed by atoms with Crippen molar-refractivity contribution < 1.29 is 9.94 Å². The molecular formula is C22H37NO2. The van der Waals surface area contributed by atoms with Crippen LogP contribution in [0.4, 0.5) is 0 Å². The minimum Gasteiger partial charge on any atom is -0.399 e. The maximum absolute atomic E-state index is 10.2. The summed E-state index contributed by atoms with van der Waals surface area (Å²) in [6.45, 7) is 7.31. The van der Waals surface area contributed by atoms with Crippen molar-refractivity contribution in [1.29, 1.82) is 0 Å². The van der Waals surface area contributed by atoms with Gasteiger partial charge in [0, 0.05) is 5.92 Å². The maximum Gasteiger partial charge on any atom is 0.106 e. The zero-order valence-corrected chi connectivity index (χ0v) is 16.6. The number of fused-ring (bicyclic) bond motifs is 5. The monoisotopic (exact) mass is 347 g/mol. The highest BCUT2D eigenvalue weighted by Gasteiger charge is 2.60. The molecule has 0 amide bonds. The molecule has 0 bridgehead atoms. The van der Waals surface area contributed by atoms with Crippen LogP contribution in [-0.2, 0) is 4.84 Å². The molecule has 0 saturated heterocycles. The molecule has 4 rings (SSSR count). The Hall–Kier alpha value is -0.570. The van der Waals surface area contributed by atoms with E-state index in [0.717, 1.165) is 36.5 Å². The van der Waals surface area contributed by atoms with Crippen LogP contribution in [0, 0.1) is 40.4 Å². The van der Waals surface area contributed by atoms with Gasteiger partial charge in [0.2, 0.25) is 0 Å². The van der Waals surface area contributed by atoms with Crippen LogP contribution in [0.5, 0.6) is 0 Å². The Morgan fingerprint density at radius 1 is 0.960 bits per heavy atom. The van der Waals surface area contributed by atoms with E-state index in [1.54, 1.807) is 7.11 Å². The van der Waals surface area contributed by atoms with Crippen LogP contribution >= 0.6 is 0 Å². The number of hydrogen-bond acceptors (Lipinski definition) is 3. The van der Waals surface area contributed by atoms with Crippen molar-refractivity contribution in [2.75, 3.05) is 7.11 Å². The fourth-order valence-corrected chi connectivity index (χ4v) is 8.13. The van der Waals surface area contributed by atoms with E-state index in [2.05, 4.69) is 25.9 Å². The first-order chi connectivity index (χ1) is 11.9. The molecule has 1 N–H and O–H groups in total. The van der Waals surface area contributed by atoms with Crippen molar-refractivity contribution in [3.8, 4) is 0 Å². The predicted octanol–water partition coefficient (Wildman–Crippen LogP) is 5.03. The molecule has 0 unspecified atom stereocenters. The van der Waals surface area contributed by atoms with Gasteiger partial charge in [-0.05, 0) is 99.2 Å². The van der Waals surface area contributed by atoms with Gasteiger partial charge in [-0.15, -0.1) is 0 Å². The number of oxime groups is 1. The van der Waals surface area contributed by atoms with Crippen molar-refractivity contribution in [3.05, 3.63) is 0 Å². The molecule has 0 heterocycles. The molecule has 25 heavy (non-hydrogen) atoms. The highest BCUT2D eigenvalue weighted by molar-refractivity contribution is 5.85. The topological polar surface area (TPSA) is 41.8 Å². The lowest BCUT2D eigenvalue weighted by Gasteiger charge is -2.61. The molecule has 4 saturated carbocycles. The summed E-state index contributed by atoms with van der Waals surface area (Å²) in [5.41, 5.74) is 2.12. The molecule has 3 nitrogen and oxygen atoms in total. The predicted molar refractivity (Wildman–Crippen MR) is 101 cm³/mol. The van der Waals surface area contributed by atoms with Crippen LogP contribution in [0.3, 0.4) is 0 Å². The Bertz CT molecular complexity index is 546. The minimum atomic E-state index is -0.0350. The molecular weight excluding hydrogens is 310 g/mol. The Morgan fingerprint density at radius 3 is 2.44 bits per heavy atom. The highest BCUT2D eigenvalue weighted by Crippen LogP contribution is 2.67. The number of rotatable bonds is 2. The maximum atomic E-state index is 10.2. The Morgan fingerprint density at radius 2 is 1.68 bits per heavy atom. The molecule has 0 spiro atoms. The molecule has 0 aromatic heterocycles. The largest absolute Gasteiger partial charge is 0.399 e. The van der Waals surface area contributed by atoms with E-state index in [-0.39, 0.29) is 6.10 Å². The summed E-state index contributed by atoms with van der Waals surface area (Å²) < 4.78 is 0. The SMILES string of the molecule is CO/N=C(/C)[C@H]1CC[C@H]2[C@@H]3CC[C@@H]4C[C@@H](O)CC[C@]4(C)[C@H]3CC[C@]12C. The summed E-state index contributed by atoms with van der Waals surface area (Å²) in [6.07, 6.45) is 11.4. The standard InChI is InChI=1S/C22H37NO2/c1-14(23-25-4)18-7-8-19-17-6-5-15-13-16(24)9-11-21(15,2)20(17)10-12-22(18,19)3/h15-20,24H,5-13H2,1-4H3/b23-14-/t15-,16+,17+,18-,19+,20+,21+,22-/m1/s1. The first-order valence-electron chi connectivity index (χ1n) is 10.7. The van der Waals surface area contributed by atoms with Crippen LogP contribution in [-0.4, -0.2) is 24.0 Å². The van der Waals surface area contributed by atoms with E-state index in [4.69, 9.17) is 4.84 Å². The first kappa shape index (κ1) is 17.8. The average molecular weight is 348 g/mol. The smallest absolute Gasteiger partial charge is 0.106 e. The lowest BCUT2D eigenvalue weighted by molar-refractivity contribution is -0.123. The normalized spacial score (nSPS) is 52.9. The van der Waals surface area contributed by atoms with Crippen molar-refractivity contribution in [3.63, 3.8) is 0 Å². The fourth-order valence-electron chi connectivity index (χ4n) is 8.13. The van der Waals surface area contributed by atoms with Crippen LogP contribution in [0.15, 0.2) is 5.16 Å². The number of hydrogen-bond donors (Lipinski definition) is 1. The van der Waals surface area contributed by atoms with Crippen LogP contribution in [0.1, 0.15) is 78.6 Å². The van der Waals surface area contributed by atoms with Gasteiger partial charge < -0.3 is 9.94 Å². The summed E-state index contributed by atoms with van der Waals surface area (Å²) in [4.78, 5) is 5.11. The number of aliphatic hydroxyl groups excluding tert-OH is 1. The molecule has 142 valence electrons. The van der Waals surface area contributed by atoms with Gasteiger partial charge in [0.15, 0.2) is 0 Å². The second-order valence-electron chi connectivity index (χ2n) is 10.2. The molecule has 4 aliphatic carbocycles. The lowest BCUT2D eigenvalue weighted by Crippen LogP contribution is -2.54. The summed E-state index contributed by atoms with van der Waals surface area (Å²) in [7, 11) is 1.68. The molecule has 0 aromatic rings. The van der Waals surface area contributed by atoms with E-state index < -0.39 is 0 Å². The summed E-state index contributed by atoms with van der Waals surface area (Å²) in [6, 6.07) is 0. The quantitative estimate of drug-likeness (QED) is 0.562. The van der Waals surface area contributed by atoms with Crippen molar-refractivity contribution in [1.82, 2.24) is 0 Å². The summed E-state index contributed by atoms with van der Waals surface area (Å²) >= 11 is 0. The second-order valence-corrected chi connectivity index (χ2v) is 10.2. The van der Waals surface area contributed by atoms with Crippen molar-refractivity contribution in [2.45, 2.75) is 84.7 Å². The van der Waals surface area contributed by atoms with Crippen molar-refractivity contribution >= 4 is 5.71 Å². The molecule has 0 aliphatic heterocycles. The third-order valence-electron chi connectivity index (χ3n) is 9.38. The first-order valence-corrected chi connectivity index (χ1v) is 10.7. The van der Waals surface area contributed by atoms with Gasteiger partial charge in [-0.3, -0.25) is 0 Å². The molecule has 4 fully saturated rings. The van der Waals surface area contributed by atoms with E-state index in [9.17, 15) is 5.11 Å². The highest BCUT2D eigenvalue weighted by atomic mass is 16.6. The Kier molecular flexibility index (Phi) is 4.46. The van der Waals surface area contributed by atoms with Gasteiger partial charge in [-0.25, -0.2) is 0 Å². The number of nitrogens with zero attached hydrogens (tertiary/aromatic N) is 1. The Balaban J connectivity index is 1.59. The van der Waals surface area contributed by atoms with Crippen molar-refractivity contribution in [2.24, 2.45) is 45.6 Å². The third-order valence-corrected chi connectivity index (χ3v) is 9.38. The van der Waals surface area contributed by atoms with Gasteiger partial charge in [-0.1, -0.05) is 19.0 Å². The van der Waals surface area contributed by atoms with Gasteiger partial charge in [-0.2, -0.15) is 0 Å². The third kappa shape index (κ3) is 2.59. The minimum absolute atomic E-state index is 0.0350. The zero-order valence-electron chi connectivity index (χ0n) is 16.6. The molecule has 0 aromatic carbocycles. The summed E-state index contributed by atoms with van der Waals surface area (Å²) in [5, 5.41) is 14.5. The van der Waals surface area contributed by atoms with E-state index in [0.29, 0.717) is 16.7 Å². The fraction of sp³-hybridized carbons (Fsp3) is 0.955. The van der Waals surface area contributed by atoms with Gasteiger partial charge in [0.05, 0.1) is 11.8 Å². The molecule has 8 atom stereocenters. The molecule has 4 aliphatic rings. The summed E-state index contributed by atoms with van der Waals surface area (Å²) in [5.74, 6) is 4.02. The van der Waals surface area contributed by atoms with Gasteiger partial charge in [0.25, 0.3) is 0 Å².